The molecule has 2 rings (SSSR count). The molecule has 1 heterocycles. The highest BCUT2D eigenvalue weighted by atomic mass is 35.5. The second-order valence-corrected chi connectivity index (χ2v) is 7.09. The molecule has 1 fully saturated rings. The number of benzene rings is 1. The highest BCUT2D eigenvalue weighted by Crippen LogP contribution is 2.28. The van der Waals surface area contributed by atoms with Gasteiger partial charge in [0.1, 0.15) is 5.75 Å². The van der Waals surface area contributed by atoms with Crippen LogP contribution in [-0.4, -0.2) is 42.1 Å². The van der Waals surface area contributed by atoms with E-state index in [0.29, 0.717) is 21.8 Å². The van der Waals surface area contributed by atoms with E-state index in [0.717, 1.165) is 25.9 Å². The Morgan fingerprint density at radius 2 is 1.91 bits per heavy atom. The van der Waals surface area contributed by atoms with Crippen LogP contribution in [0.15, 0.2) is 18.2 Å². The third-order valence-corrected chi connectivity index (χ3v) is 4.72. The van der Waals surface area contributed by atoms with Crippen LogP contribution in [0.2, 0.25) is 10.0 Å². The van der Waals surface area contributed by atoms with Gasteiger partial charge in [-0.25, -0.2) is 0 Å². The first-order valence-electron chi connectivity index (χ1n) is 8.03. The molecule has 0 radical (unpaired) electrons. The Bertz CT molecular complexity index is 543. The van der Waals surface area contributed by atoms with Crippen LogP contribution in [-0.2, 0) is 4.79 Å². The van der Waals surface area contributed by atoms with Crippen molar-refractivity contribution in [3.63, 3.8) is 0 Å². The van der Waals surface area contributed by atoms with Crippen LogP contribution in [0.25, 0.3) is 0 Å². The largest absolute Gasteiger partial charge is 0.479 e. The van der Waals surface area contributed by atoms with E-state index in [2.05, 4.69) is 24.1 Å². The Morgan fingerprint density at radius 1 is 1.26 bits per heavy atom. The van der Waals surface area contributed by atoms with Crippen molar-refractivity contribution in [2.45, 2.75) is 51.8 Å². The monoisotopic (exact) mass is 358 g/mol. The molecule has 0 saturated carbocycles. The first kappa shape index (κ1) is 18.4. The summed E-state index contributed by atoms with van der Waals surface area (Å²) in [6.45, 7) is 8.14. The zero-order chi connectivity index (χ0) is 17.0. The molecule has 0 bridgehead atoms. The van der Waals surface area contributed by atoms with Crippen LogP contribution >= 0.6 is 23.2 Å². The minimum atomic E-state index is -0.617. The summed E-state index contributed by atoms with van der Waals surface area (Å²) in [7, 11) is 0. The first-order valence-corrected chi connectivity index (χ1v) is 8.78. The number of likely N-dealkylation sites (tertiary alicyclic amines) is 1. The number of nitrogens with zero attached hydrogens (tertiary/aromatic N) is 1. The lowest BCUT2D eigenvalue weighted by Gasteiger charge is -2.35. The number of halogens is 2. The predicted molar refractivity (Wildman–Crippen MR) is 94.4 cm³/mol. The smallest absolute Gasteiger partial charge is 0.260 e. The number of ether oxygens (including phenoxy) is 1. The molecule has 1 saturated heterocycles. The Kier molecular flexibility index (Phi) is 6.57. The second kappa shape index (κ2) is 8.22. The molecule has 1 amide bonds. The van der Waals surface area contributed by atoms with E-state index in [1.165, 1.54) is 0 Å². The molecule has 1 atom stereocenters. The highest BCUT2D eigenvalue weighted by molar-refractivity contribution is 6.34. The first-order chi connectivity index (χ1) is 10.9. The lowest BCUT2D eigenvalue weighted by molar-refractivity contribution is -0.128. The van der Waals surface area contributed by atoms with Crippen LogP contribution in [0.1, 0.15) is 33.6 Å². The van der Waals surface area contributed by atoms with Gasteiger partial charge in [-0.1, -0.05) is 23.2 Å². The molecule has 0 aromatic heterocycles. The van der Waals surface area contributed by atoms with Gasteiger partial charge in [-0.2, -0.15) is 0 Å². The minimum Gasteiger partial charge on any atom is -0.479 e. The lowest BCUT2D eigenvalue weighted by Crippen LogP contribution is -2.49. The van der Waals surface area contributed by atoms with E-state index in [-0.39, 0.29) is 11.9 Å². The van der Waals surface area contributed by atoms with Crippen molar-refractivity contribution in [1.82, 2.24) is 10.2 Å². The van der Waals surface area contributed by atoms with Crippen LogP contribution in [0, 0.1) is 0 Å². The normalized spacial score (nSPS) is 18.0. The van der Waals surface area contributed by atoms with E-state index in [9.17, 15) is 4.79 Å². The van der Waals surface area contributed by atoms with Crippen molar-refractivity contribution < 1.29 is 9.53 Å². The Hall–Kier alpha value is -0.970. The number of carbonyl (C=O) groups excluding carboxylic acids is 1. The van der Waals surface area contributed by atoms with Gasteiger partial charge in [0.15, 0.2) is 6.10 Å². The van der Waals surface area contributed by atoms with Gasteiger partial charge in [0.25, 0.3) is 5.91 Å². The molecule has 1 aromatic carbocycles. The molecule has 0 aliphatic carbocycles. The SMILES string of the molecule is CC(C)N1CCC(NC(=O)[C@H](C)Oc2cc(Cl)ccc2Cl)CC1. The van der Waals surface area contributed by atoms with Crippen molar-refractivity contribution in [3.05, 3.63) is 28.2 Å². The summed E-state index contributed by atoms with van der Waals surface area (Å²) < 4.78 is 5.65. The van der Waals surface area contributed by atoms with Crippen LogP contribution in [0.3, 0.4) is 0 Å². The number of rotatable bonds is 5. The number of amides is 1. The number of hydrogen-bond donors (Lipinski definition) is 1. The molecule has 0 spiro atoms. The van der Waals surface area contributed by atoms with Crippen molar-refractivity contribution in [3.8, 4) is 5.75 Å². The molecule has 6 heteroatoms. The van der Waals surface area contributed by atoms with Crippen LogP contribution in [0.4, 0.5) is 0 Å². The van der Waals surface area contributed by atoms with Gasteiger partial charge in [0, 0.05) is 36.3 Å². The maximum atomic E-state index is 12.3. The Morgan fingerprint density at radius 3 is 2.52 bits per heavy atom. The van der Waals surface area contributed by atoms with Gasteiger partial charge in [0.2, 0.25) is 0 Å². The Balaban J connectivity index is 1.85. The van der Waals surface area contributed by atoms with Crippen molar-refractivity contribution >= 4 is 29.1 Å². The molecular formula is C17H24Cl2N2O2. The van der Waals surface area contributed by atoms with Crippen LogP contribution in [0.5, 0.6) is 5.75 Å². The van der Waals surface area contributed by atoms with E-state index in [1.807, 2.05) is 0 Å². The fraction of sp³-hybridized carbons (Fsp3) is 0.588. The number of piperidine rings is 1. The van der Waals surface area contributed by atoms with Gasteiger partial charge >= 0.3 is 0 Å². The maximum absolute atomic E-state index is 12.3. The van der Waals surface area contributed by atoms with Gasteiger partial charge in [-0.05, 0) is 45.7 Å². The maximum Gasteiger partial charge on any atom is 0.260 e. The van der Waals surface area contributed by atoms with E-state index >= 15 is 0 Å². The average molecular weight is 359 g/mol. The molecule has 1 aliphatic rings. The average Bonchev–Trinajstić information content (AvgIpc) is 2.51. The summed E-state index contributed by atoms with van der Waals surface area (Å²) in [5, 5.41) is 4.04. The van der Waals surface area contributed by atoms with Gasteiger partial charge < -0.3 is 15.0 Å². The predicted octanol–water partition coefficient (Wildman–Crippen LogP) is 3.75. The zero-order valence-corrected chi connectivity index (χ0v) is 15.3. The van der Waals surface area contributed by atoms with Crippen molar-refractivity contribution in [2.75, 3.05) is 13.1 Å². The van der Waals surface area contributed by atoms with Gasteiger partial charge in [0.05, 0.1) is 5.02 Å². The minimum absolute atomic E-state index is 0.121. The van der Waals surface area contributed by atoms with Crippen molar-refractivity contribution in [2.24, 2.45) is 0 Å². The van der Waals surface area contributed by atoms with Gasteiger partial charge in [-0.15, -0.1) is 0 Å². The number of hydrogen-bond acceptors (Lipinski definition) is 3. The van der Waals surface area contributed by atoms with E-state index < -0.39 is 6.10 Å². The summed E-state index contributed by atoms with van der Waals surface area (Å²) in [6.07, 6.45) is 1.32. The van der Waals surface area contributed by atoms with Crippen LogP contribution < -0.4 is 10.1 Å². The lowest BCUT2D eigenvalue weighted by atomic mass is 10.0. The van der Waals surface area contributed by atoms with E-state index in [4.69, 9.17) is 27.9 Å². The summed E-state index contributed by atoms with van der Waals surface area (Å²) in [5.74, 6) is 0.306. The van der Waals surface area contributed by atoms with Gasteiger partial charge in [-0.3, -0.25) is 4.79 Å². The second-order valence-electron chi connectivity index (χ2n) is 6.25. The number of nitrogens with one attached hydrogen (secondary N) is 1. The summed E-state index contributed by atoms with van der Waals surface area (Å²) in [4.78, 5) is 14.7. The molecule has 0 unspecified atom stereocenters. The third-order valence-electron chi connectivity index (χ3n) is 4.17. The molecular weight excluding hydrogens is 335 g/mol. The molecule has 128 valence electrons. The number of carbonyl (C=O) groups is 1. The van der Waals surface area contributed by atoms with E-state index in [1.54, 1.807) is 25.1 Å². The zero-order valence-electron chi connectivity index (χ0n) is 13.8. The molecule has 23 heavy (non-hydrogen) atoms. The summed E-state index contributed by atoms with van der Waals surface area (Å²) in [6, 6.07) is 5.72. The molecule has 4 nitrogen and oxygen atoms in total. The fourth-order valence-corrected chi connectivity index (χ4v) is 3.01. The fourth-order valence-electron chi connectivity index (χ4n) is 2.69. The third kappa shape index (κ3) is 5.27. The highest BCUT2D eigenvalue weighted by Gasteiger charge is 2.24. The quantitative estimate of drug-likeness (QED) is 0.871. The summed E-state index contributed by atoms with van der Waals surface area (Å²) >= 11 is 12.0. The summed E-state index contributed by atoms with van der Waals surface area (Å²) in [5.41, 5.74) is 0. The standard InChI is InChI=1S/C17H24Cl2N2O2/c1-11(2)21-8-6-14(7-9-21)20-17(22)12(3)23-16-10-13(18)4-5-15(16)19/h4-5,10-12,14H,6-9H2,1-3H3,(H,20,22)/t12-/m0/s1. The topological polar surface area (TPSA) is 41.6 Å². The molecule has 1 aliphatic heterocycles. The van der Waals surface area contributed by atoms with Crippen molar-refractivity contribution in [1.29, 1.82) is 0 Å². The molecule has 1 N–H and O–H groups in total. The molecule has 1 aromatic rings. The Labute approximate surface area is 148 Å².